The van der Waals surface area contributed by atoms with Crippen LogP contribution in [0.2, 0.25) is 25.7 Å². The number of fused-ring (bicyclic) bond motifs is 1. The molecule has 6 nitrogen and oxygen atoms in total. The maximum absolute atomic E-state index is 12.6. The van der Waals surface area contributed by atoms with Crippen LogP contribution in [0.5, 0.6) is 0 Å². The molecule has 1 amide bonds. The minimum atomic E-state index is -1.46. The normalized spacial score (nSPS) is 14.4. The number of hydrogen-bond donors (Lipinski definition) is 2. The van der Waals surface area contributed by atoms with Crippen molar-refractivity contribution in [1.29, 1.82) is 0 Å². The van der Waals surface area contributed by atoms with E-state index in [-0.39, 0.29) is 17.6 Å². The van der Waals surface area contributed by atoms with Crippen LogP contribution in [0.3, 0.4) is 0 Å². The molecule has 0 saturated carbocycles. The van der Waals surface area contributed by atoms with Gasteiger partial charge in [0.25, 0.3) is 5.89 Å². The van der Waals surface area contributed by atoms with Gasteiger partial charge in [-0.15, -0.1) is 0 Å². The molecule has 0 bridgehead atoms. The Labute approximate surface area is 142 Å². The molecular formula is C17H25N3O3Si. The fraction of sp³-hybridized carbons (Fsp3) is 0.471. The first-order valence-electron chi connectivity index (χ1n) is 8.17. The van der Waals surface area contributed by atoms with Crippen molar-refractivity contribution in [3.63, 3.8) is 0 Å². The SMILES string of the molecule is CC[C@H](NC(=O)[C@@H](N)C[Si](C)(C)C)C(=O)c1nc2ccccc2o1. The van der Waals surface area contributed by atoms with Crippen LogP contribution in [0.15, 0.2) is 28.7 Å². The van der Waals surface area contributed by atoms with E-state index in [1.54, 1.807) is 12.1 Å². The lowest BCUT2D eigenvalue weighted by Gasteiger charge is -2.22. The van der Waals surface area contributed by atoms with Crippen LogP contribution >= 0.6 is 0 Å². The van der Waals surface area contributed by atoms with Crippen LogP contribution in [-0.4, -0.2) is 36.8 Å². The minimum Gasteiger partial charge on any atom is -0.434 e. The Kier molecular flexibility index (Phi) is 5.56. The molecule has 0 aliphatic heterocycles. The van der Waals surface area contributed by atoms with Crippen LogP contribution in [0, 0.1) is 0 Å². The van der Waals surface area contributed by atoms with E-state index in [9.17, 15) is 9.59 Å². The predicted octanol–water partition coefficient (Wildman–Crippen LogP) is 2.57. The number of nitrogens with two attached hydrogens (primary N) is 1. The number of oxazole rings is 1. The third kappa shape index (κ3) is 4.52. The first-order chi connectivity index (χ1) is 11.2. The first-order valence-corrected chi connectivity index (χ1v) is 11.9. The Morgan fingerprint density at radius 3 is 2.54 bits per heavy atom. The Balaban J connectivity index is 2.09. The molecule has 130 valence electrons. The summed E-state index contributed by atoms with van der Waals surface area (Å²) in [5, 5.41) is 2.74. The van der Waals surface area contributed by atoms with Gasteiger partial charge in [0.05, 0.1) is 12.1 Å². The third-order valence-corrected chi connectivity index (χ3v) is 5.38. The van der Waals surface area contributed by atoms with Crippen molar-refractivity contribution in [3.8, 4) is 0 Å². The number of aromatic nitrogens is 1. The van der Waals surface area contributed by atoms with Gasteiger partial charge in [0.2, 0.25) is 11.7 Å². The molecule has 0 aliphatic carbocycles. The predicted molar refractivity (Wildman–Crippen MR) is 96.7 cm³/mol. The van der Waals surface area contributed by atoms with E-state index in [1.165, 1.54) is 0 Å². The largest absolute Gasteiger partial charge is 0.434 e. The number of rotatable bonds is 7. The summed E-state index contributed by atoms with van der Waals surface area (Å²) in [7, 11) is -1.46. The number of carbonyl (C=O) groups excluding carboxylic acids is 2. The van der Waals surface area contributed by atoms with E-state index in [0.29, 0.717) is 23.6 Å². The summed E-state index contributed by atoms with van der Waals surface area (Å²) < 4.78 is 5.50. The van der Waals surface area contributed by atoms with Crippen molar-refractivity contribution in [1.82, 2.24) is 10.3 Å². The zero-order valence-corrected chi connectivity index (χ0v) is 15.6. The molecule has 1 aromatic heterocycles. The molecule has 0 spiro atoms. The van der Waals surface area contributed by atoms with Gasteiger partial charge in [0.1, 0.15) is 5.52 Å². The molecule has 0 aliphatic rings. The number of hydrogen-bond acceptors (Lipinski definition) is 5. The van der Waals surface area contributed by atoms with Crippen LogP contribution < -0.4 is 11.1 Å². The lowest BCUT2D eigenvalue weighted by molar-refractivity contribution is -0.122. The molecule has 0 radical (unpaired) electrons. The lowest BCUT2D eigenvalue weighted by Crippen LogP contribution is -2.50. The molecule has 2 atom stereocenters. The average Bonchev–Trinajstić information content (AvgIpc) is 2.94. The number of benzene rings is 1. The Morgan fingerprint density at radius 1 is 1.29 bits per heavy atom. The molecule has 1 aromatic carbocycles. The van der Waals surface area contributed by atoms with Crippen molar-refractivity contribution in [2.24, 2.45) is 5.73 Å². The Hall–Kier alpha value is -1.99. The second-order valence-corrected chi connectivity index (χ2v) is 12.7. The van der Waals surface area contributed by atoms with Gasteiger partial charge in [-0.05, 0) is 24.6 Å². The number of nitrogens with one attached hydrogen (secondary N) is 1. The van der Waals surface area contributed by atoms with Gasteiger partial charge < -0.3 is 15.5 Å². The van der Waals surface area contributed by atoms with E-state index >= 15 is 0 Å². The van der Waals surface area contributed by atoms with Gasteiger partial charge in [-0.3, -0.25) is 9.59 Å². The average molecular weight is 347 g/mol. The zero-order chi connectivity index (χ0) is 17.9. The molecule has 0 fully saturated rings. The van der Waals surface area contributed by atoms with Crippen molar-refractivity contribution >= 4 is 30.9 Å². The van der Waals surface area contributed by atoms with E-state index in [4.69, 9.17) is 10.2 Å². The molecule has 0 unspecified atom stereocenters. The summed E-state index contributed by atoms with van der Waals surface area (Å²) in [5.41, 5.74) is 7.15. The van der Waals surface area contributed by atoms with Gasteiger partial charge in [-0.25, -0.2) is 4.98 Å². The molecule has 3 N–H and O–H groups in total. The Bertz CT molecular complexity index is 703. The summed E-state index contributed by atoms with van der Waals surface area (Å²) in [4.78, 5) is 29.1. The van der Waals surface area contributed by atoms with Crippen molar-refractivity contribution in [3.05, 3.63) is 30.2 Å². The molecule has 2 aromatic rings. The fourth-order valence-corrected chi connectivity index (χ4v) is 4.02. The maximum Gasteiger partial charge on any atom is 0.266 e. The number of Topliss-reactive ketones (excluding diaryl/α,β-unsaturated/α-hetero) is 1. The third-order valence-electron chi connectivity index (χ3n) is 3.71. The quantitative estimate of drug-likeness (QED) is 0.592. The van der Waals surface area contributed by atoms with E-state index < -0.39 is 20.2 Å². The van der Waals surface area contributed by atoms with Crippen LogP contribution in [-0.2, 0) is 4.79 Å². The highest BCUT2D eigenvalue weighted by atomic mass is 28.3. The van der Waals surface area contributed by atoms with E-state index in [1.807, 2.05) is 19.1 Å². The summed E-state index contributed by atoms with van der Waals surface area (Å²) >= 11 is 0. The summed E-state index contributed by atoms with van der Waals surface area (Å²) in [6, 6.07) is 6.57. The molecule has 0 saturated heterocycles. The number of amides is 1. The molecular weight excluding hydrogens is 322 g/mol. The lowest BCUT2D eigenvalue weighted by atomic mass is 10.1. The summed E-state index contributed by atoms with van der Waals surface area (Å²) in [6.45, 7) is 8.29. The second kappa shape index (κ2) is 7.27. The van der Waals surface area contributed by atoms with Crippen LogP contribution in [0.4, 0.5) is 0 Å². The topological polar surface area (TPSA) is 98.2 Å². The number of ketones is 1. The van der Waals surface area contributed by atoms with E-state index in [0.717, 1.165) is 0 Å². The highest BCUT2D eigenvalue weighted by Gasteiger charge is 2.28. The maximum atomic E-state index is 12.6. The van der Waals surface area contributed by atoms with Crippen molar-refractivity contribution in [2.75, 3.05) is 0 Å². The highest BCUT2D eigenvalue weighted by molar-refractivity contribution is 6.76. The minimum absolute atomic E-state index is 0.0158. The van der Waals surface area contributed by atoms with Crippen LogP contribution in [0.25, 0.3) is 11.1 Å². The smallest absolute Gasteiger partial charge is 0.266 e. The Morgan fingerprint density at radius 2 is 1.96 bits per heavy atom. The highest BCUT2D eigenvalue weighted by Crippen LogP contribution is 2.17. The number of carbonyl (C=O) groups is 2. The molecule has 2 rings (SSSR count). The van der Waals surface area contributed by atoms with Gasteiger partial charge >= 0.3 is 0 Å². The van der Waals surface area contributed by atoms with Crippen molar-refractivity contribution in [2.45, 2.75) is 51.1 Å². The van der Waals surface area contributed by atoms with Crippen LogP contribution in [0.1, 0.15) is 24.0 Å². The van der Waals surface area contributed by atoms with Crippen molar-refractivity contribution < 1.29 is 14.0 Å². The van der Waals surface area contributed by atoms with Gasteiger partial charge in [0, 0.05) is 8.07 Å². The zero-order valence-electron chi connectivity index (χ0n) is 14.6. The first kappa shape index (κ1) is 18.3. The molecule has 24 heavy (non-hydrogen) atoms. The fourth-order valence-electron chi connectivity index (χ4n) is 2.51. The summed E-state index contributed by atoms with van der Waals surface area (Å²) in [6.07, 6.45) is 0.447. The molecule has 7 heteroatoms. The standard InChI is InChI=1S/C17H25N3O3Si/c1-5-12(19-16(22)11(18)10-24(2,3)4)15(21)17-20-13-8-6-7-9-14(13)23-17/h6-9,11-12H,5,10,18H2,1-4H3,(H,19,22)/t11-,12-/m0/s1. The number of nitrogens with zero attached hydrogens (tertiary/aromatic N) is 1. The van der Waals surface area contributed by atoms with Gasteiger partial charge in [-0.1, -0.05) is 38.7 Å². The van der Waals surface area contributed by atoms with Gasteiger partial charge in [-0.2, -0.15) is 0 Å². The second-order valence-electron chi connectivity index (χ2n) is 7.19. The summed E-state index contributed by atoms with van der Waals surface area (Å²) in [5.74, 6) is -0.613. The molecule has 1 heterocycles. The number of para-hydroxylation sites is 2. The van der Waals surface area contributed by atoms with E-state index in [2.05, 4.69) is 29.9 Å². The monoisotopic (exact) mass is 347 g/mol. The van der Waals surface area contributed by atoms with Gasteiger partial charge in [0.15, 0.2) is 5.58 Å².